The van der Waals surface area contributed by atoms with Crippen molar-refractivity contribution < 1.29 is 23.5 Å². The number of amides is 1. The first-order valence-corrected chi connectivity index (χ1v) is 15.3. The Labute approximate surface area is 260 Å². The molecule has 1 amide bonds. The van der Waals surface area contributed by atoms with Crippen LogP contribution in [0.25, 0.3) is 17.0 Å². The van der Waals surface area contributed by atoms with Crippen LogP contribution in [0, 0.1) is 5.92 Å². The molecule has 45 heavy (non-hydrogen) atoms. The van der Waals surface area contributed by atoms with Gasteiger partial charge in [-0.2, -0.15) is 0 Å². The lowest BCUT2D eigenvalue weighted by molar-refractivity contribution is -0.122. The fourth-order valence-electron chi connectivity index (χ4n) is 7.59. The fourth-order valence-corrected chi connectivity index (χ4v) is 7.59. The van der Waals surface area contributed by atoms with Gasteiger partial charge >= 0.3 is 0 Å². The minimum Gasteiger partial charge on any atom is -0.493 e. The highest BCUT2D eigenvalue weighted by atomic mass is 16.5. The molecule has 7 heteroatoms. The minimum atomic E-state index is -1.44. The smallest absolute Gasteiger partial charge is 0.238 e. The van der Waals surface area contributed by atoms with Crippen LogP contribution in [-0.4, -0.2) is 35.0 Å². The van der Waals surface area contributed by atoms with Crippen molar-refractivity contribution in [2.45, 2.75) is 30.8 Å². The topological polar surface area (TPSA) is 88.9 Å². The zero-order chi connectivity index (χ0) is 30.7. The Morgan fingerprint density at radius 3 is 2.53 bits per heavy atom. The maximum absolute atomic E-state index is 15.1. The van der Waals surface area contributed by atoms with E-state index in [9.17, 15) is 4.79 Å². The number of furan rings is 1. The standard InChI is InChI=1S/C38H30N2O5/c1-2-21-44-30-18-10-6-14-26(30)34(41)33-32(35(42)31-22-24-12-4-9-17-29(24)45-31)38(27-15-7-8-16-28(27)39-37(38)43)36-25-13-5-3-11-23(25)19-20-40(33)36/h3-20,22,32-33,36H,2,21H2,1H3,(H,39,43)/t32-,33+,36+,38-/m1/s1. The quantitative estimate of drug-likeness (QED) is 0.201. The normalized spacial score (nSPS) is 22.6. The van der Waals surface area contributed by atoms with Crippen LogP contribution in [0.15, 0.2) is 114 Å². The molecule has 1 saturated heterocycles. The third-order valence-electron chi connectivity index (χ3n) is 9.40. The molecule has 4 aromatic carbocycles. The number of carbonyl (C=O) groups is 3. The van der Waals surface area contributed by atoms with Gasteiger partial charge in [-0.3, -0.25) is 14.4 Å². The molecule has 4 atom stereocenters. The van der Waals surface area contributed by atoms with E-state index in [4.69, 9.17) is 9.15 Å². The van der Waals surface area contributed by atoms with Crippen molar-refractivity contribution in [3.05, 3.63) is 137 Å². The minimum absolute atomic E-state index is 0.114. The Balaban J connectivity index is 1.41. The molecule has 0 unspecified atom stereocenters. The fraction of sp³-hybridized carbons (Fsp3) is 0.184. The number of rotatable bonds is 7. The summed E-state index contributed by atoms with van der Waals surface area (Å²) >= 11 is 0. The van der Waals surface area contributed by atoms with Crippen LogP contribution in [0.1, 0.15) is 57.0 Å². The van der Waals surface area contributed by atoms with Crippen LogP contribution in [0.3, 0.4) is 0 Å². The molecule has 8 rings (SSSR count). The lowest BCUT2D eigenvalue weighted by Crippen LogP contribution is -2.49. The van der Waals surface area contributed by atoms with Crippen molar-refractivity contribution in [2.24, 2.45) is 5.92 Å². The first kappa shape index (κ1) is 27.1. The maximum atomic E-state index is 15.1. The first-order valence-electron chi connectivity index (χ1n) is 15.3. The van der Waals surface area contributed by atoms with Gasteiger partial charge in [0.1, 0.15) is 22.8 Å². The Morgan fingerprint density at radius 2 is 1.67 bits per heavy atom. The number of carbonyl (C=O) groups excluding carboxylic acids is 3. The average Bonchev–Trinajstić information content (AvgIpc) is 3.74. The summed E-state index contributed by atoms with van der Waals surface area (Å²) in [6.07, 6.45) is 4.59. The maximum Gasteiger partial charge on any atom is 0.238 e. The van der Waals surface area contributed by atoms with E-state index >= 15 is 9.59 Å². The summed E-state index contributed by atoms with van der Waals surface area (Å²) in [4.78, 5) is 46.7. The first-order chi connectivity index (χ1) is 22.0. The van der Waals surface area contributed by atoms with E-state index in [0.717, 1.165) is 22.9 Å². The SMILES string of the molecule is CCCOc1ccccc1C(=O)[C@@H]1[C@H](C(=O)c2cc3ccccc3o2)[C@@]2(C(=O)Nc3ccccc32)[C@@H]2c3ccccc3C=CN12. The number of hydrogen-bond acceptors (Lipinski definition) is 6. The van der Waals surface area contributed by atoms with Crippen molar-refractivity contribution in [1.82, 2.24) is 4.90 Å². The van der Waals surface area contributed by atoms with Crippen LogP contribution in [0.2, 0.25) is 0 Å². The average molecular weight is 595 g/mol. The summed E-state index contributed by atoms with van der Waals surface area (Å²) in [5, 5.41) is 3.86. The molecular formula is C38H30N2O5. The predicted molar refractivity (Wildman–Crippen MR) is 171 cm³/mol. The molecule has 1 spiro atoms. The van der Waals surface area contributed by atoms with Gasteiger partial charge in [-0.15, -0.1) is 0 Å². The Bertz CT molecular complexity index is 2010. The second-order valence-corrected chi connectivity index (χ2v) is 11.8. The zero-order valence-corrected chi connectivity index (χ0v) is 24.6. The zero-order valence-electron chi connectivity index (χ0n) is 24.6. The number of ether oxygens (including phenoxy) is 1. The monoisotopic (exact) mass is 594 g/mol. The molecule has 5 aromatic rings. The van der Waals surface area contributed by atoms with E-state index in [-0.39, 0.29) is 17.5 Å². The number of ketones is 2. The number of nitrogens with one attached hydrogen (secondary N) is 1. The number of para-hydroxylation sites is 3. The van der Waals surface area contributed by atoms with E-state index in [0.29, 0.717) is 34.8 Å². The van der Waals surface area contributed by atoms with Gasteiger partial charge < -0.3 is 19.4 Å². The van der Waals surface area contributed by atoms with E-state index in [1.807, 2.05) is 96.9 Å². The Kier molecular flexibility index (Phi) is 6.24. The van der Waals surface area contributed by atoms with Gasteiger partial charge in [-0.05, 0) is 59.5 Å². The molecule has 4 heterocycles. The van der Waals surface area contributed by atoms with Crippen molar-refractivity contribution >= 4 is 40.2 Å². The largest absolute Gasteiger partial charge is 0.493 e. The second kappa shape index (κ2) is 10.3. The highest BCUT2D eigenvalue weighted by Crippen LogP contribution is 2.62. The highest BCUT2D eigenvalue weighted by Gasteiger charge is 2.71. The number of benzene rings is 4. The van der Waals surface area contributed by atoms with Crippen LogP contribution < -0.4 is 10.1 Å². The molecule has 0 radical (unpaired) electrons. The highest BCUT2D eigenvalue weighted by molar-refractivity contribution is 6.17. The van der Waals surface area contributed by atoms with Crippen LogP contribution in [0.4, 0.5) is 5.69 Å². The number of nitrogens with zero attached hydrogens (tertiary/aromatic N) is 1. The van der Waals surface area contributed by atoms with Gasteiger partial charge in [0.15, 0.2) is 11.5 Å². The molecule has 0 saturated carbocycles. The van der Waals surface area contributed by atoms with Crippen molar-refractivity contribution in [3.63, 3.8) is 0 Å². The predicted octanol–water partition coefficient (Wildman–Crippen LogP) is 7.20. The lowest BCUT2D eigenvalue weighted by Gasteiger charge is -2.38. The lowest BCUT2D eigenvalue weighted by atomic mass is 9.63. The molecule has 0 aliphatic carbocycles. The molecule has 3 aliphatic rings. The molecular weight excluding hydrogens is 564 g/mol. The second-order valence-electron chi connectivity index (χ2n) is 11.8. The summed E-state index contributed by atoms with van der Waals surface area (Å²) in [5.74, 6) is -1.57. The van der Waals surface area contributed by atoms with Gasteiger partial charge in [0.2, 0.25) is 11.7 Å². The van der Waals surface area contributed by atoms with Crippen LogP contribution in [-0.2, 0) is 10.2 Å². The molecule has 222 valence electrons. The summed E-state index contributed by atoms with van der Waals surface area (Å²) in [6, 6.07) is 29.9. The molecule has 7 nitrogen and oxygen atoms in total. The molecule has 1 fully saturated rings. The Morgan fingerprint density at radius 1 is 0.911 bits per heavy atom. The van der Waals surface area contributed by atoms with Gasteiger partial charge in [0.05, 0.1) is 24.1 Å². The van der Waals surface area contributed by atoms with E-state index < -0.39 is 29.2 Å². The van der Waals surface area contributed by atoms with Gasteiger partial charge in [0.25, 0.3) is 0 Å². The van der Waals surface area contributed by atoms with Gasteiger partial charge in [-0.25, -0.2) is 0 Å². The summed E-state index contributed by atoms with van der Waals surface area (Å²) in [5.41, 5.74) is 2.63. The van der Waals surface area contributed by atoms with Crippen molar-refractivity contribution in [2.75, 3.05) is 11.9 Å². The van der Waals surface area contributed by atoms with Crippen LogP contribution >= 0.6 is 0 Å². The molecule has 1 aromatic heterocycles. The number of hydrogen-bond donors (Lipinski definition) is 1. The third-order valence-corrected chi connectivity index (χ3v) is 9.40. The number of Topliss-reactive ketones (excluding diaryl/α,β-unsaturated/α-hetero) is 2. The van der Waals surface area contributed by atoms with E-state index in [2.05, 4.69) is 5.32 Å². The summed E-state index contributed by atoms with van der Waals surface area (Å²) in [6.45, 7) is 2.44. The van der Waals surface area contributed by atoms with E-state index in [1.54, 1.807) is 30.3 Å². The van der Waals surface area contributed by atoms with E-state index in [1.165, 1.54) is 0 Å². The number of fused-ring (bicyclic) bond motifs is 7. The molecule has 0 bridgehead atoms. The summed E-state index contributed by atoms with van der Waals surface area (Å²) < 4.78 is 12.2. The van der Waals surface area contributed by atoms with Crippen LogP contribution in [0.5, 0.6) is 5.75 Å². The third kappa shape index (κ3) is 3.86. The summed E-state index contributed by atoms with van der Waals surface area (Å²) in [7, 11) is 0. The molecule has 1 N–H and O–H groups in total. The van der Waals surface area contributed by atoms with Gasteiger partial charge in [-0.1, -0.05) is 79.7 Å². The molecule has 3 aliphatic heterocycles. The van der Waals surface area contributed by atoms with Crippen molar-refractivity contribution in [1.29, 1.82) is 0 Å². The van der Waals surface area contributed by atoms with Gasteiger partial charge in [0, 0.05) is 17.3 Å². The Hall–Kier alpha value is -5.43. The number of anilines is 1. The van der Waals surface area contributed by atoms with Crippen molar-refractivity contribution in [3.8, 4) is 5.75 Å².